The van der Waals surface area contributed by atoms with Crippen LogP contribution in [0, 0.1) is 0 Å². The monoisotopic (exact) mass is 475 g/mol. The second-order valence-corrected chi connectivity index (χ2v) is 10.9. The zero-order valence-electron chi connectivity index (χ0n) is 20.9. The zero-order chi connectivity index (χ0) is 24.6. The Morgan fingerprint density at radius 2 is 1.69 bits per heavy atom. The summed E-state index contributed by atoms with van der Waals surface area (Å²) in [6.45, 7) is 0. The molecule has 3 aromatic carbocycles. The number of benzene rings is 3. The maximum absolute atomic E-state index is 13.6. The number of rotatable bonds is 2. The number of para-hydroxylation sites is 1. The van der Waals surface area contributed by atoms with E-state index in [0.717, 1.165) is 29.3 Å². The molecule has 1 N–H and O–H groups in total. The van der Waals surface area contributed by atoms with Crippen LogP contribution in [0.5, 0.6) is 0 Å². The van der Waals surface area contributed by atoms with E-state index in [2.05, 4.69) is 60.2 Å². The van der Waals surface area contributed by atoms with E-state index in [4.69, 9.17) is 0 Å². The number of aromatic nitrogens is 1. The number of fused-ring (bicyclic) bond motifs is 5. The van der Waals surface area contributed by atoms with Crippen LogP contribution in [0.1, 0.15) is 49.1 Å². The summed E-state index contributed by atoms with van der Waals surface area (Å²) in [5.74, 6) is -0.452. The lowest BCUT2D eigenvalue weighted by Crippen LogP contribution is -2.45. The quantitative estimate of drug-likeness (QED) is 0.289. The number of aliphatic hydroxyl groups excluding tert-OH is 1. The Hall–Kier alpha value is -3.50. The fourth-order valence-electron chi connectivity index (χ4n) is 7.31. The second kappa shape index (κ2) is 7.75. The van der Waals surface area contributed by atoms with Crippen molar-refractivity contribution < 1.29 is 14.5 Å². The van der Waals surface area contributed by atoms with Crippen molar-refractivity contribution in [1.82, 2.24) is 4.57 Å². The summed E-state index contributed by atoms with van der Waals surface area (Å²) in [7, 11) is 4.12. The Morgan fingerprint density at radius 1 is 0.972 bits per heavy atom. The number of allylic oxidation sites excluding steroid dienone is 1. The number of Topliss-reactive ketones (excluding diaryl/α,β-unsaturated/α-hetero) is 1. The highest BCUT2D eigenvalue weighted by Crippen LogP contribution is 2.52. The molecule has 2 fully saturated rings. The molecule has 4 aromatic rings. The van der Waals surface area contributed by atoms with Gasteiger partial charge in [-0.05, 0) is 41.3 Å². The van der Waals surface area contributed by atoms with Crippen LogP contribution in [0.15, 0.2) is 78.5 Å². The highest BCUT2D eigenvalue weighted by Gasteiger charge is 2.54. The van der Waals surface area contributed by atoms with Gasteiger partial charge in [0, 0.05) is 47.4 Å². The van der Waals surface area contributed by atoms with Crippen molar-refractivity contribution in [2.45, 2.75) is 49.5 Å². The normalized spacial score (nSPS) is 24.2. The van der Waals surface area contributed by atoms with Gasteiger partial charge in [0.05, 0.1) is 17.4 Å². The van der Waals surface area contributed by atoms with Gasteiger partial charge in [-0.1, -0.05) is 61.7 Å². The van der Waals surface area contributed by atoms with Crippen LogP contribution in [0.2, 0.25) is 0 Å². The van der Waals surface area contributed by atoms with Crippen molar-refractivity contribution in [3.8, 4) is 0 Å². The lowest BCUT2D eigenvalue weighted by atomic mass is 9.64. The predicted molar refractivity (Wildman–Crippen MR) is 144 cm³/mol. The summed E-state index contributed by atoms with van der Waals surface area (Å²) in [6.07, 6.45) is 9.03. The molecule has 1 aromatic heterocycles. The van der Waals surface area contributed by atoms with Crippen LogP contribution in [0.25, 0.3) is 21.7 Å². The molecule has 4 nitrogen and oxygen atoms in total. The van der Waals surface area contributed by atoms with E-state index in [1.165, 1.54) is 47.0 Å². The van der Waals surface area contributed by atoms with Crippen molar-refractivity contribution in [3.05, 3.63) is 89.6 Å². The van der Waals surface area contributed by atoms with Crippen LogP contribution < -0.4 is 0 Å². The first-order chi connectivity index (χ1) is 17.5. The molecule has 2 heterocycles. The van der Waals surface area contributed by atoms with E-state index < -0.39 is 12.0 Å². The van der Waals surface area contributed by atoms with Crippen molar-refractivity contribution in [1.29, 1.82) is 0 Å². The maximum atomic E-state index is 13.6. The largest absolute Gasteiger partial charge is 0.387 e. The molecule has 180 valence electrons. The van der Waals surface area contributed by atoms with Gasteiger partial charge in [-0.3, -0.25) is 4.79 Å². The standard InChI is InChI=1S/C32H31N2O2/c1-33-19-24(22-12-6-7-13-25(22)33)28-30(35)23(31(28)36)18-27-32(16-8-3-9-17-32)29-21-11-5-4-10-20(21)14-15-26(29)34(27)2/h4-7,10-15,18-19,28,30,35H,3,8-9,16-17H2,1-2H3/q+1. The zero-order valence-corrected chi connectivity index (χ0v) is 20.9. The van der Waals surface area contributed by atoms with E-state index in [1.807, 2.05) is 36.0 Å². The number of aryl methyl sites for hydroxylation is 1. The number of ketones is 1. The molecular weight excluding hydrogens is 444 g/mol. The van der Waals surface area contributed by atoms with Crippen LogP contribution in [-0.4, -0.2) is 38.9 Å². The van der Waals surface area contributed by atoms with Gasteiger partial charge in [-0.15, -0.1) is 0 Å². The first-order valence-corrected chi connectivity index (χ1v) is 13.1. The molecule has 4 heteroatoms. The molecule has 2 unspecified atom stereocenters. The summed E-state index contributed by atoms with van der Waals surface area (Å²) in [5, 5.41) is 15.0. The Balaban J connectivity index is 1.34. The fourth-order valence-corrected chi connectivity index (χ4v) is 7.31. The Bertz CT molecular complexity index is 1630. The number of hydrogen-bond acceptors (Lipinski definition) is 2. The Labute approximate surface area is 211 Å². The third kappa shape index (κ3) is 2.79. The number of carbonyl (C=O) groups is 1. The number of hydrogen-bond donors (Lipinski definition) is 1. The van der Waals surface area contributed by atoms with Crippen molar-refractivity contribution in [3.63, 3.8) is 0 Å². The van der Waals surface area contributed by atoms with Crippen LogP contribution in [0.4, 0.5) is 5.69 Å². The average molecular weight is 476 g/mol. The van der Waals surface area contributed by atoms with Gasteiger partial charge in [0.1, 0.15) is 7.05 Å². The van der Waals surface area contributed by atoms with Gasteiger partial charge in [0.15, 0.2) is 11.5 Å². The number of aliphatic hydroxyl groups is 1. The first kappa shape index (κ1) is 21.8. The molecule has 7 rings (SSSR count). The van der Waals surface area contributed by atoms with Crippen LogP contribution in [0.3, 0.4) is 0 Å². The van der Waals surface area contributed by atoms with Gasteiger partial charge in [-0.2, -0.15) is 4.58 Å². The third-order valence-corrected chi connectivity index (χ3v) is 9.06. The van der Waals surface area contributed by atoms with Crippen LogP contribution in [-0.2, 0) is 17.3 Å². The van der Waals surface area contributed by atoms with Gasteiger partial charge < -0.3 is 9.67 Å². The molecule has 0 radical (unpaired) electrons. The van der Waals surface area contributed by atoms with E-state index >= 15 is 0 Å². The summed E-state index contributed by atoms with van der Waals surface area (Å²) < 4.78 is 4.33. The second-order valence-electron chi connectivity index (χ2n) is 10.9. The van der Waals surface area contributed by atoms with Crippen LogP contribution >= 0.6 is 0 Å². The molecule has 0 bridgehead atoms. The molecule has 3 aliphatic rings. The minimum absolute atomic E-state index is 0.0477. The van der Waals surface area contributed by atoms with Crippen molar-refractivity contribution in [2.75, 3.05) is 7.05 Å². The van der Waals surface area contributed by atoms with Gasteiger partial charge in [0.2, 0.25) is 5.69 Å². The fraction of sp³-hybridized carbons (Fsp3) is 0.312. The molecule has 36 heavy (non-hydrogen) atoms. The predicted octanol–water partition coefficient (Wildman–Crippen LogP) is 5.92. The Kier molecular flexibility index (Phi) is 4.68. The van der Waals surface area contributed by atoms with Gasteiger partial charge >= 0.3 is 0 Å². The molecule has 2 saturated carbocycles. The topological polar surface area (TPSA) is 45.2 Å². The Morgan fingerprint density at radius 3 is 2.47 bits per heavy atom. The third-order valence-electron chi connectivity index (χ3n) is 9.06. The summed E-state index contributed by atoms with van der Waals surface area (Å²) in [4.78, 5) is 13.6. The summed E-state index contributed by atoms with van der Waals surface area (Å²) >= 11 is 0. The van der Waals surface area contributed by atoms with E-state index in [1.54, 1.807) is 0 Å². The minimum Gasteiger partial charge on any atom is -0.387 e. The highest BCUT2D eigenvalue weighted by molar-refractivity contribution is 6.17. The van der Waals surface area contributed by atoms with Gasteiger partial charge in [0.25, 0.3) is 0 Å². The molecule has 1 aliphatic heterocycles. The SMILES string of the molecule is Cn1cc(C2C(=O)C(=CC3=[N+](C)c4ccc5ccccc5c4C34CCCCC4)C2O)c2ccccc21. The lowest BCUT2D eigenvalue weighted by molar-refractivity contribution is -0.401. The highest BCUT2D eigenvalue weighted by atomic mass is 16.3. The summed E-state index contributed by atoms with van der Waals surface area (Å²) in [6, 6.07) is 21.2. The molecule has 1 spiro atoms. The van der Waals surface area contributed by atoms with E-state index in [-0.39, 0.29) is 11.2 Å². The summed E-state index contributed by atoms with van der Waals surface area (Å²) in [5.41, 5.74) is 6.26. The first-order valence-electron chi connectivity index (χ1n) is 13.1. The van der Waals surface area contributed by atoms with Gasteiger partial charge in [-0.25, -0.2) is 0 Å². The minimum atomic E-state index is -0.787. The maximum Gasteiger partial charge on any atom is 0.210 e. The molecular formula is C32H31N2O2+. The lowest BCUT2D eigenvalue weighted by Gasteiger charge is -2.36. The van der Waals surface area contributed by atoms with E-state index in [0.29, 0.717) is 5.57 Å². The average Bonchev–Trinajstić information content (AvgIpc) is 3.35. The molecule has 2 atom stereocenters. The van der Waals surface area contributed by atoms with E-state index in [9.17, 15) is 9.90 Å². The van der Waals surface area contributed by atoms with Crippen molar-refractivity contribution in [2.24, 2.45) is 7.05 Å². The molecule has 0 amide bonds. The molecule has 0 saturated heterocycles. The smallest absolute Gasteiger partial charge is 0.210 e. The number of carbonyl (C=O) groups excluding carboxylic acids is 1. The molecule has 2 aliphatic carbocycles. The number of nitrogens with zero attached hydrogens (tertiary/aromatic N) is 2. The van der Waals surface area contributed by atoms with Crippen molar-refractivity contribution >= 4 is 38.9 Å².